The molecule has 0 amide bonds. The highest BCUT2D eigenvalue weighted by molar-refractivity contribution is 5.80. The number of aromatic amines is 1. The molecule has 0 bridgehead atoms. The Kier molecular flexibility index (Phi) is 3.95. The third-order valence-electron chi connectivity index (χ3n) is 4.48. The third-order valence-corrected chi connectivity index (χ3v) is 4.48. The molecule has 0 spiro atoms. The number of hydrogen-bond donors (Lipinski definition) is 1. The Bertz CT molecular complexity index is 1250. The Morgan fingerprint density at radius 1 is 1.00 bits per heavy atom. The Morgan fingerprint density at radius 3 is 2.33 bits per heavy atom. The van der Waals surface area contributed by atoms with E-state index in [0.29, 0.717) is 23.1 Å². The van der Waals surface area contributed by atoms with Crippen LogP contribution in [0.3, 0.4) is 0 Å². The highest BCUT2D eigenvalue weighted by atomic mass is 16.1. The van der Waals surface area contributed by atoms with Crippen molar-refractivity contribution in [3.05, 3.63) is 80.0 Å². The Balaban J connectivity index is 1.92. The number of pyridine rings is 2. The van der Waals surface area contributed by atoms with Gasteiger partial charge in [-0.1, -0.05) is 0 Å². The van der Waals surface area contributed by atoms with Gasteiger partial charge in [0.1, 0.15) is 0 Å². The largest absolute Gasteiger partial charge is 0.308 e. The molecule has 0 aliphatic heterocycles. The summed E-state index contributed by atoms with van der Waals surface area (Å²) in [5.74, 6) is 0.265. The fourth-order valence-corrected chi connectivity index (χ4v) is 3.23. The molecule has 0 aliphatic rings. The highest BCUT2D eigenvalue weighted by Gasteiger charge is 2.17. The van der Waals surface area contributed by atoms with Crippen LogP contribution in [0.25, 0.3) is 16.9 Å². The van der Waals surface area contributed by atoms with Crippen LogP contribution in [-0.2, 0) is 6.54 Å². The van der Waals surface area contributed by atoms with Crippen LogP contribution in [0.4, 0.5) is 0 Å². The van der Waals surface area contributed by atoms with Gasteiger partial charge in [-0.25, -0.2) is 9.97 Å². The van der Waals surface area contributed by atoms with E-state index in [9.17, 15) is 9.59 Å². The summed E-state index contributed by atoms with van der Waals surface area (Å²) in [6.07, 6.45) is 3.35. The molecule has 4 aromatic rings. The average molecular weight is 362 g/mol. The van der Waals surface area contributed by atoms with E-state index >= 15 is 0 Å². The van der Waals surface area contributed by atoms with E-state index < -0.39 is 0 Å². The molecular formula is C19H18N6O2. The second-order valence-electron chi connectivity index (χ2n) is 6.50. The zero-order valence-corrected chi connectivity index (χ0v) is 15.2. The Morgan fingerprint density at radius 2 is 1.67 bits per heavy atom. The number of hydrogen-bond acceptors (Lipinski definition) is 5. The molecule has 8 nitrogen and oxygen atoms in total. The molecular weight excluding hydrogens is 344 g/mol. The molecule has 1 N–H and O–H groups in total. The Labute approximate surface area is 154 Å². The molecule has 0 aliphatic carbocycles. The Hall–Kier alpha value is -3.55. The smallest absolute Gasteiger partial charge is 0.283 e. The van der Waals surface area contributed by atoms with Crippen molar-refractivity contribution in [2.45, 2.75) is 27.3 Å². The molecule has 4 aromatic heterocycles. The summed E-state index contributed by atoms with van der Waals surface area (Å²) in [7, 11) is 0. The van der Waals surface area contributed by atoms with Crippen molar-refractivity contribution in [1.29, 1.82) is 0 Å². The summed E-state index contributed by atoms with van der Waals surface area (Å²) in [5.41, 5.74) is 3.05. The summed E-state index contributed by atoms with van der Waals surface area (Å²) in [6.45, 7) is 5.83. The van der Waals surface area contributed by atoms with Gasteiger partial charge in [-0.15, -0.1) is 0 Å². The van der Waals surface area contributed by atoms with Gasteiger partial charge in [-0.05, 0) is 44.5 Å². The highest BCUT2D eigenvalue weighted by Crippen LogP contribution is 2.13. The van der Waals surface area contributed by atoms with Crippen molar-refractivity contribution in [3.63, 3.8) is 0 Å². The van der Waals surface area contributed by atoms with Crippen LogP contribution in [0.1, 0.15) is 22.6 Å². The van der Waals surface area contributed by atoms with Gasteiger partial charge in [0.05, 0.1) is 17.4 Å². The van der Waals surface area contributed by atoms with Crippen LogP contribution >= 0.6 is 0 Å². The number of rotatable bonds is 3. The lowest BCUT2D eigenvalue weighted by atomic mass is 10.2. The summed E-state index contributed by atoms with van der Waals surface area (Å²) < 4.78 is 2.87. The second-order valence-corrected chi connectivity index (χ2v) is 6.50. The summed E-state index contributed by atoms with van der Waals surface area (Å²) >= 11 is 0. The number of nitrogens with zero attached hydrogens (tertiary/aromatic N) is 5. The van der Waals surface area contributed by atoms with Gasteiger partial charge in [0.15, 0.2) is 0 Å². The first kappa shape index (κ1) is 16.9. The number of aryl methyl sites for hydroxylation is 3. The molecule has 0 fully saturated rings. The van der Waals surface area contributed by atoms with Crippen molar-refractivity contribution < 1.29 is 0 Å². The molecule has 4 rings (SSSR count). The van der Waals surface area contributed by atoms with E-state index in [4.69, 9.17) is 0 Å². The van der Waals surface area contributed by atoms with Crippen molar-refractivity contribution >= 4 is 10.9 Å². The van der Waals surface area contributed by atoms with Crippen LogP contribution in [-0.4, -0.2) is 29.3 Å². The molecule has 0 atom stereocenters. The quantitative estimate of drug-likeness (QED) is 0.597. The van der Waals surface area contributed by atoms with Crippen LogP contribution in [0.15, 0.2) is 46.2 Å². The fourth-order valence-electron chi connectivity index (χ4n) is 3.23. The van der Waals surface area contributed by atoms with Crippen molar-refractivity contribution in [1.82, 2.24) is 29.3 Å². The maximum Gasteiger partial charge on any atom is 0.283 e. The third kappa shape index (κ3) is 2.95. The van der Waals surface area contributed by atoms with Crippen molar-refractivity contribution in [2.24, 2.45) is 0 Å². The summed E-state index contributed by atoms with van der Waals surface area (Å²) in [6, 6.07) is 6.95. The maximum atomic E-state index is 13.0. The van der Waals surface area contributed by atoms with Gasteiger partial charge in [-0.2, -0.15) is 4.68 Å². The lowest BCUT2D eigenvalue weighted by Gasteiger charge is -2.09. The fraction of sp³-hybridized carbons (Fsp3) is 0.211. The van der Waals surface area contributed by atoms with Gasteiger partial charge in [0.25, 0.3) is 17.1 Å². The molecule has 0 aromatic carbocycles. The minimum absolute atomic E-state index is 0.188. The number of aromatic nitrogens is 6. The molecule has 136 valence electrons. The standard InChI is InChI=1S/C19H18N6O2/c1-11-8-12(2)22-19(21-11)25-18(27)17-13(3)24(16(26)9-15(17)23-25)10-14-4-6-20-7-5-14/h4-9,23H,10H2,1-3H3. The van der Waals surface area contributed by atoms with E-state index in [1.165, 1.54) is 10.7 Å². The van der Waals surface area contributed by atoms with E-state index in [-0.39, 0.29) is 17.1 Å². The van der Waals surface area contributed by atoms with Gasteiger partial charge >= 0.3 is 0 Å². The van der Waals surface area contributed by atoms with Crippen LogP contribution in [0.2, 0.25) is 0 Å². The van der Waals surface area contributed by atoms with E-state index in [1.54, 1.807) is 23.9 Å². The predicted molar refractivity (Wildman–Crippen MR) is 101 cm³/mol. The maximum absolute atomic E-state index is 13.0. The van der Waals surface area contributed by atoms with Crippen LogP contribution in [0.5, 0.6) is 0 Å². The molecule has 8 heteroatoms. The molecule has 0 unspecified atom stereocenters. The number of H-pyrrole nitrogens is 1. The normalized spacial score (nSPS) is 11.2. The predicted octanol–water partition coefficient (Wildman–Crippen LogP) is 1.64. The summed E-state index contributed by atoms with van der Waals surface area (Å²) in [5, 5.41) is 3.41. The monoisotopic (exact) mass is 362 g/mol. The zero-order chi connectivity index (χ0) is 19.1. The van der Waals surface area contributed by atoms with E-state index in [2.05, 4.69) is 20.1 Å². The van der Waals surface area contributed by atoms with Crippen LogP contribution < -0.4 is 11.1 Å². The van der Waals surface area contributed by atoms with Gasteiger partial charge in [0, 0.05) is 35.5 Å². The molecule has 0 saturated heterocycles. The molecule has 27 heavy (non-hydrogen) atoms. The second kappa shape index (κ2) is 6.31. The first-order valence-electron chi connectivity index (χ1n) is 8.51. The first-order chi connectivity index (χ1) is 12.9. The number of nitrogens with one attached hydrogen (secondary N) is 1. The topological polar surface area (TPSA) is 98.5 Å². The lowest BCUT2D eigenvalue weighted by Crippen LogP contribution is -2.24. The van der Waals surface area contributed by atoms with Gasteiger partial charge in [-0.3, -0.25) is 19.7 Å². The average Bonchev–Trinajstić information content (AvgIpc) is 2.95. The molecule has 0 radical (unpaired) electrons. The van der Waals surface area contributed by atoms with Gasteiger partial charge in [0.2, 0.25) is 0 Å². The SMILES string of the molecule is Cc1cc(C)nc(-n2[nH]c3cc(=O)n(Cc4ccncc4)c(C)c3c2=O)n1. The van der Waals surface area contributed by atoms with E-state index in [0.717, 1.165) is 17.0 Å². The number of fused-ring (bicyclic) bond motifs is 1. The molecule has 0 saturated carbocycles. The zero-order valence-electron chi connectivity index (χ0n) is 15.2. The first-order valence-corrected chi connectivity index (χ1v) is 8.51. The minimum atomic E-state index is -0.282. The molecule has 4 heterocycles. The van der Waals surface area contributed by atoms with Gasteiger partial charge < -0.3 is 4.57 Å². The van der Waals surface area contributed by atoms with Crippen LogP contribution in [0, 0.1) is 20.8 Å². The lowest BCUT2D eigenvalue weighted by molar-refractivity contribution is 0.737. The summed E-state index contributed by atoms with van der Waals surface area (Å²) in [4.78, 5) is 38.3. The van der Waals surface area contributed by atoms with E-state index in [1.807, 2.05) is 32.0 Å². The van der Waals surface area contributed by atoms with Crippen molar-refractivity contribution in [2.75, 3.05) is 0 Å². The minimum Gasteiger partial charge on any atom is -0.308 e. The van der Waals surface area contributed by atoms with Crippen molar-refractivity contribution in [3.8, 4) is 5.95 Å².